The minimum atomic E-state index is 0.551. The molecule has 0 radical (unpaired) electrons. The van der Waals surface area contributed by atoms with Crippen LogP contribution in [0.2, 0.25) is 0 Å². The Hall–Kier alpha value is -13.3. The Morgan fingerprint density at radius 1 is 0.206 bits per heavy atom. The molecule has 8 heterocycles. The second kappa shape index (κ2) is 22.1. The van der Waals surface area contributed by atoms with Crippen LogP contribution in [0.5, 0.6) is 0 Å². The highest BCUT2D eigenvalue weighted by Gasteiger charge is 2.24. The highest BCUT2D eigenvalue weighted by Crippen LogP contribution is 2.47. The molecule has 0 fully saturated rings. The van der Waals surface area contributed by atoms with E-state index in [1.165, 1.54) is 57.5 Å². The molecule has 0 bridgehead atoms. The quantitative estimate of drug-likeness (QED) is 0.140. The van der Waals surface area contributed by atoms with Crippen molar-refractivity contribution >= 4 is 151 Å². The van der Waals surface area contributed by atoms with Gasteiger partial charge in [0.15, 0.2) is 34.9 Å². The number of para-hydroxylation sites is 4. The lowest BCUT2D eigenvalue weighted by Gasteiger charge is -2.11. The predicted molar refractivity (Wildman–Crippen MR) is 420 cm³/mol. The van der Waals surface area contributed by atoms with Gasteiger partial charge in [-0.15, -0.1) is 22.7 Å². The summed E-state index contributed by atoms with van der Waals surface area (Å²) >= 11 is 3.58. The molecule has 0 aliphatic carbocycles. The maximum atomic E-state index is 6.81. The van der Waals surface area contributed by atoms with E-state index in [1.807, 2.05) is 66.7 Å². The topological polar surface area (TPSA) is 113 Å². The van der Waals surface area contributed by atoms with Gasteiger partial charge < -0.3 is 18.0 Å². The van der Waals surface area contributed by atoms with Crippen LogP contribution in [0.4, 0.5) is 0 Å². The van der Waals surface area contributed by atoms with Gasteiger partial charge in [0, 0.05) is 111 Å². The van der Waals surface area contributed by atoms with E-state index in [0.717, 1.165) is 126 Å². The van der Waals surface area contributed by atoms with E-state index in [-0.39, 0.29) is 0 Å². The van der Waals surface area contributed by atoms with Gasteiger partial charge in [-0.25, -0.2) is 29.9 Å². The molecule has 0 aliphatic heterocycles. The molecule has 0 atom stereocenters. The van der Waals surface area contributed by atoms with Crippen molar-refractivity contribution in [2.45, 2.75) is 0 Å². The summed E-state index contributed by atoms with van der Waals surface area (Å²) in [4.78, 5) is 31.5. The average molecular weight is 1340 g/mol. The average Bonchev–Trinajstić information content (AvgIpc) is 1.58. The number of furan rings is 2. The summed E-state index contributed by atoms with van der Waals surface area (Å²) in [5.74, 6) is 3.40. The number of fused-ring (bicyclic) bond motifs is 18. The van der Waals surface area contributed by atoms with Crippen LogP contribution in [-0.2, 0) is 0 Å². The molecule has 0 amide bonds. The lowest BCUT2D eigenvalue weighted by molar-refractivity contribution is 0.669. The molecule has 102 heavy (non-hydrogen) atoms. The van der Waals surface area contributed by atoms with E-state index in [2.05, 4.69) is 246 Å². The number of benzene rings is 14. The van der Waals surface area contributed by atoms with Gasteiger partial charge in [-0.2, -0.15) is 0 Å². The number of hydrogen-bond donors (Lipinski definition) is 0. The Morgan fingerprint density at radius 2 is 0.608 bits per heavy atom. The monoisotopic (exact) mass is 1340 g/mol. The van der Waals surface area contributed by atoms with Gasteiger partial charge in [0.25, 0.3) is 0 Å². The Labute approximate surface area is 588 Å². The summed E-state index contributed by atoms with van der Waals surface area (Å²) in [7, 11) is 0. The van der Waals surface area contributed by atoms with E-state index in [1.54, 1.807) is 22.7 Å². The summed E-state index contributed by atoms with van der Waals surface area (Å²) in [5.41, 5.74) is 17.4. The van der Waals surface area contributed by atoms with Crippen LogP contribution in [0.25, 0.3) is 219 Å². The maximum Gasteiger partial charge on any atom is 0.164 e. The fraction of sp³-hybridized carbons (Fsp3) is 0. The number of nitrogens with zero attached hydrogens (tertiary/aromatic N) is 8. The first-order valence-electron chi connectivity index (χ1n) is 34.0. The van der Waals surface area contributed by atoms with Gasteiger partial charge in [-0.3, -0.25) is 0 Å². The molecule has 474 valence electrons. The zero-order valence-corrected chi connectivity index (χ0v) is 55.7. The third-order valence-electron chi connectivity index (χ3n) is 20.2. The minimum Gasteiger partial charge on any atom is -0.456 e. The molecule has 0 N–H and O–H groups in total. The Kier molecular flexibility index (Phi) is 12.3. The summed E-state index contributed by atoms with van der Waals surface area (Å²) in [6.45, 7) is 0. The Bertz CT molecular complexity index is 7180. The van der Waals surface area contributed by atoms with Crippen LogP contribution in [0.3, 0.4) is 0 Å². The largest absolute Gasteiger partial charge is 0.456 e. The molecule has 0 saturated heterocycles. The lowest BCUT2D eigenvalue weighted by atomic mass is 10.0. The third-order valence-corrected chi connectivity index (χ3v) is 22.4. The van der Waals surface area contributed by atoms with E-state index < -0.39 is 0 Å². The van der Waals surface area contributed by atoms with Crippen molar-refractivity contribution in [1.29, 1.82) is 0 Å². The number of rotatable bonds is 9. The molecule has 12 heteroatoms. The van der Waals surface area contributed by atoms with Gasteiger partial charge in [0.05, 0.1) is 38.8 Å². The predicted octanol–water partition coefficient (Wildman–Crippen LogP) is 24.5. The van der Waals surface area contributed by atoms with Gasteiger partial charge in [0.2, 0.25) is 0 Å². The Morgan fingerprint density at radius 3 is 1.18 bits per heavy atom. The molecule has 14 aromatic carbocycles. The van der Waals surface area contributed by atoms with E-state index in [0.29, 0.717) is 34.9 Å². The standard InChI is InChI=1S/C90H50N8O2S2/c1-3-19-51(20-4-1)85-91-87(95-89(93-85)57-39-41-75-63(45-57)64-47-68-82(50-78(64)99-75)102-80-38-18-36-74(84(68)80)98-71-33-13-9-29-61(71)62-30-10-14-34-72(62)98)55-25-15-23-53(43-55)54-24-16-26-56(44-54)88-92-86(52-21-5-2-6-22-52)94-90(96-88)58-40-42-79-65(46-58)66-48-77-67(49-81(66)101-79)83-73(35-17-37-76(83)100-77)97-69-31-11-7-27-59(69)60-28-8-12-32-70(60)97/h1-50H. The molecule has 22 rings (SSSR count). The molecule has 8 aromatic heterocycles. The van der Waals surface area contributed by atoms with Crippen LogP contribution in [-0.4, -0.2) is 39.0 Å². The molecule has 0 unspecified atom stereocenters. The number of aromatic nitrogens is 8. The second-order valence-corrected chi connectivity index (χ2v) is 28.2. The van der Waals surface area contributed by atoms with Crippen molar-refractivity contribution < 1.29 is 8.83 Å². The molecule has 0 spiro atoms. The Balaban J connectivity index is 0.627. The van der Waals surface area contributed by atoms with Crippen LogP contribution >= 0.6 is 22.7 Å². The third kappa shape index (κ3) is 8.83. The van der Waals surface area contributed by atoms with Crippen molar-refractivity contribution in [3.63, 3.8) is 0 Å². The molecule has 22 aromatic rings. The van der Waals surface area contributed by atoms with Gasteiger partial charge in [-0.05, 0) is 132 Å². The normalized spacial score (nSPS) is 12.1. The highest BCUT2D eigenvalue weighted by molar-refractivity contribution is 7.26. The second-order valence-electron chi connectivity index (χ2n) is 26.1. The highest BCUT2D eigenvalue weighted by atomic mass is 32.1. The molecule has 0 saturated carbocycles. The van der Waals surface area contributed by atoms with Crippen LogP contribution < -0.4 is 0 Å². The SMILES string of the molecule is c1ccc(-c2nc(-c3cccc(-c4cccc(-c5nc(-c6ccccc6)nc(-c6ccc7sc8cc9c(cc8c7c6)oc6cccc(-n7c8ccccc8c8ccccc87)c69)n5)c4)c3)nc(-c3ccc4oc5cc6sc7cccc(-n8c9ccccc9c9ccccc98)c7c6cc5c4c3)n2)cc1. The summed E-state index contributed by atoms with van der Waals surface area (Å²) in [6, 6.07) is 107. The maximum absolute atomic E-state index is 6.81. The van der Waals surface area contributed by atoms with Gasteiger partial charge >= 0.3 is 0 Å². The molecule has 0 aliphatic rings. The van der Waals surface area contributed by atoms with Crippen molar-refractivity contribution in [1.82, 2.24) is 39.0 Å². The van der Waals surface area contributed by atoms with E-state index >= 15 is 0 Å². The first-order valence-corrected chi connectivity index (χ1v) is 35.6. The number of hydrogen-bond acceptors (Lipinski definition) is 10. The molecular weight excluding hydrogens is 1290 g/mol. The lowest BCUT2D eigenvalue weighted by Crippen LogP contribution is -2.00. The van der Waals surface area contributed by atoms with Crippen molar-refractivity contribution in [3.8, 4) is 90.8 Å². The number of thiophene rings is 2. The summed E-state index contributed by atoms with van der Waals surface area (Å²) in [6.07, 6.45) is 0. The summed E-state index contributed by atoms with van der Waals surface area (Å²) in [5, 5.41) is 13.7. The van der Waals surface area contributed by atoms with Gasteiger partial charge in [-0.1, -0.05) is 182 Å². The smallest absolute Gasteiger partial charge is 0.164 e. The van der Waals surface area contributed by atoms with E-state index in [9.17, 15) is 0 Å². The fourth-order valence-electron chi connectivity index (χ4n) is 15.5. The minimum absolute atomic E-state index is 0.551. The fourth-order valence-corrected chi connectivity index (χ4v) is 17.8. The van der Waals surface area contributed by atoms with Crippen molar-refractivity contribution in [2.24, 2.45) is 0 Å². The first kappa shape index (κ1) is 56.7. The van der Waals surface area contributed by atoms with Gasteiger partial charge in [0.1, 0.15) is 22.3 Å². The zero-order chi connectivity index (χ0) is 66.7. The molecule has 10 nitrogen and oxygen atoms in total. The van der Waals surface area contributed by atoms with Crippen LogP contribution in [0.1, 0.15) is 0 Å². The molecular formula is C90H50N8O2S2. The van der Waals surface area contributed by atoms with Crippen LogP contribution in [0.15, 0.2) is 312 Å². The van der Waals surface area contributed by atoms with E-state index in [4.69, 9.17) is 38.7 Å². The van der Waals surface area contributed by atoms with Crippen molar-refractivity contribution in [2.75, 3.05) is 0 Å². The summed E-state index contributed by atoms with van der Waals surface area (Å²) < 4.78 is 23.0. The zero-order valence-electron chi connectivity index (χ0n) is 54.1. The van der Waals surface area contributed by atoms with Crippen LogP contribution in [0, 0.1) is 0 Å². The van der Waals surface area contributed by atoms with Crippen molar-refractivity contribution in [3.05, 3.63) is 303 Å². The first-order chi connectivity index (χ1) is 50.5.